The molecule has 7 heteroatoms. The first-order chi connectivity index (χ1) is 9.95. The van der Waals surface area contributed by atoms with E-state index < -0.39 is 4.92 Å². The quantitative estimate of drug-likeness (QED) is 0.647. The van der Waals surface area contributed by atoms with Gasteiger partial charge in [-0.1, -0.05) is 19.0 Å². The van der Waals surface area contributed by atoms with E-state index in [4.69, 9.17) is 10.3 Å². The first-order valence-corrected chi connectivity index (χ1v) is 6.78. The van der Waals surface area contributed by atoms with Crippen LogP contribution in [0.25, 0.3) is 11.4 Å². The number of benzene rings is 1. The molecule has 1 unspecified atom stereocenters. The molecule has 0 aliphatic carbocycles. The second-order valence-corrected chi connectivity index (χ2v) is 5.41. The van der Waals surface area contributed by atoms with Crippen molar-refractivity contribution >= 4 is 5.69 Å². The number of nitrogens with two attached hydrogens (primary N) is 1. The van der Waals surface area contributed by atoms with Crippen LogP contribution in [0.3, 0.4) is 0 Å². The summed E-state index contributed by atoms with van der Waals surface area (Å²) in [5, 5.41) is 14.5. The number of nitro benzene ring substituents is 1. The van der Waals surface area contributed by atoms with Gasteiger partial charge in [-0.15, -0.1) is 0 Å². The minimum Gasteiger partial charge on any atom is -0.339 e. The fourth-order valence-electron chi connectivity index (χ4n) is 2.10. The first-order valence-electron chi connectivity index (χ1n) is 6.78. The zero-order valence-electron chi connectivity index (χ0n) is 12.0. The number of hydrogen-bond donors (Lipinski definition) is 1. The first kappa shape index (κ1) is 15.1. The van der Waals surface area contributed by atoms with Crippen molar-refractivity contribution in [2.45, 2.75) is 32.7 Å². The summed E-state index contributed by atoms with van der Waals surface area (Å²) in [4.78, 5) is 14.4. The van der Waals surface area contributed by atoms with Gasteiger partial charge in [-0.2, -0.15) is 4.98 Å². The van der Waals surface area contributed by atoms with E-state index in [1.54, 1.807) is 12.1 Å². The molecule has 0 fully saturated rings. The van der Waals surface area contributed by atoms with Gasteiger partial charge >= 0.3 is 0 Å². The zero-order chi connectivity index (χ0) is 15.4. The number of aromatic nitrogens is 2. The van der Waals surface area contributed by atoms with Crippen molar-refractivity contribution in [3.05, 3.63) is 40.3 Å². The predicted octanol–water partition coefficient (Wildman–Crippen LogP) is 2.56. The standard InChI is InChI=1S/C14H18N4O3/c1-9(2)7-11(15)8-13-16-14(17-21-13)10-3-5-12(6-4-10)18(19)20/h3-6,9,11H,7-8,15H2,1-2H3. The summed E-state index contributed by atoms with van der Waals surface area (Å²) in [5.41, 5.74) is 6.71. The van der Waals surface area contributed by atoms with Crippen LogP contribution in [-0.4, -0.2) is 21.1 Å². The van der Waals surface area contributed by atoms with Crippen molar-refractivity contribution < 1.29 is 9.45 Å². The molecular weight excluding hydrogens is 272 g/mol. The Bertz CT molecular complexity index is 607. The van der Waals surface area contributed by atoms with Gasteiger partial charge in [-0.05, 0) is 24.5 Å². The molecule has 1 atom stereocenters. The lowest BCUT2D eigenvalue weighted by atomic mass is 10.0. The van der Waals surface area contributed by atoms with Crippen molar-refractivity contribution in [1.29, 1.82) is 0 Å². The van der Waals surface area contributed by atoms with Gasteiger partial charge in [0.2, 0.25) is 11.7 Å². The van der Waals surface area contributed by atoms with Crippen LogP contribution in [0.2, 0.25) is 0 Å². The molecule has 2 N–H and O–H groups in total. The van der Waals surface area contributed by atoms with Crippen LogP contribution in [0.4, 0.5) is 5.69 Å². The summed E-state index contributed by atoms with van der Waals surface area (Å²) in [5.74, 6) is 1.41. The Morgan fingerprint density at radius 1 is 1.33 bits per heavy atom. The number of hydrogen-bond acceptors (Lipinski definition) is 6. The van der Waals surface area contributed by atoms with E-state index in [0.717, 1.165) is 6.42 Å². The number of nitro groups is 1. The molecule has 1 heterocycles. The molecule has 21 heavy (non-hydrogen) atoms. The van der Waals surface area contributed by atoms with Crippen molar-refractivity contribution in [3.63, 3.8) is 0 Å². The van der Waals surface area contributed by atoms with Gasteiger partial charge in [0.05, 0.1) is 4.92 Å². The molecule has 112 valence electrons. The van der Waals surface area contributed by atoms with Crippen molar-refractivity contribution in [2.75, 3.05) is 0 Å². The van der Waals surface area contributed by atoms with Gasteiger partial charge in [0, 0.05) is 30.2 Å². The van der Waals surface area contributed by atoms with E-state index >= 15 is 0 Å². The average Bonchev–Trinajstić information content (AvgIpc) is 2.86. The molecule has 2 aromatic rings. The largest absolute Gasteiger partial charge is 0.339 e. The summed E-state index contributed by atoms with van der Waals surface area (Å²) >= 11 is 0. The molecular formula is C14H18N4O3. The minimum atomic E-state index is -0.448. The van der Waals surface area contributed by atoms with E-state index in [0.29, 0.717) is 29.6 Å². The van der Waals surface area contributed by atoms with Crippen LogP contribution >= 0.6 is 0 Å². The van der Waals surface area contributed by atoms with Crippen LogP contribution in [0.1, 0.15) is 26.2 Å². The highest BCUT2D eigenvalue weighted by Crippen LogP contribution is 2.20. The topological polar surface area (TPSA) is 108 Å². The second kappa shape index (κ2) is 6.45. The summed E-state index contributed by atoms with van der Waals surface area (Å²) in [6.45, 7) is 4.21. The summed E-state index contributed by atoms with van der Waals surface area (Å²) in [6, 6.07) is 6.00. The van der Waals surface area contributed by atoms with E-state index in [9.17, 15) is 10.1 Å². The summed E-state index contributed by atoms with van der Waals surface area (Å²) < 4.78 is 5.17. The van der Waals surface area contributed by atoms with Crippen molar-refractivity contribution in [1.82, 2.24) is 10.1 Å². The van der Waals surface area contributed by atoms with Crippen LogP contribution in [-0.2, 0) is 6.42 Å². The van der Waals surface area contributed by atoms with E-state index in [-0.39, 0.29) is 11.7 Å². The molecule has 0 bridgehead atoms. The molecule has 0 aliphatic rings. The van der Waals surface area contributed by atoms with Crippen molar-refractivity contribution in [2.24, 2.45) is 11.7 Å². The molecule has 2 rings (SSSR count). The Morgan fingerprint density at radius 3 is 2.57 bits per heavy atom. The summed E-state index contributed by atoms with van der Waals surface area (Å²) in [6.07, 6.45) is 1.41. The van der Waals surface area contributed by atoms with Gasteiger partial charge < -0.3 is 10.3 Å². The van der Waals surface area contributed by atoms with Crippen LogP contribution in [0.5, 0.6) is 0 Å². The third kappa shape index (κ3) is 4.09. The lowest BCUT2D eigenvalue weighted by Gasteiger charge is -2.10. The third-order valence-corrected chi connectivity index (χ3v) is 3.02. The van der Waals surface area contributed by atoms with Crippen LogP contribution < -0.4 is 5.73 Å². The number of nitrogens with zero attached hydrogens (tertiary/aromatic N) is 3. The summed E-state index contributed by atoms with van der Waals surface area (Å²) in [7, 11) is 0. The lowest BCUT2D eigenvalue weighted by Crippen LogP contribution is -2.24. The Kier molecular flexibility index (Phi) is 4.64. The van der Waals surface area contributed by atoms with E-state index in [2.05, 4.69) is 24.0 Å². The smallest absolute Gasteiger partial charge is 0.269 e. The highest BCUT2D eigenvalue weighted by Gasteiger charge is 2.14. The van der Waals surface area contributed by atoms with E-state index in [1.165, 1.54) is 12.1 Å². The molecule has 0 spiro atoms. The minimum absolute atomic E-state index is 0.0184. The highest BCUT2D eigenvalue weighted by molar-refractivity contribution is 5.56. The monoisotopic (exact) mass is 290 g/mol. The Hall–Kier alpha value is -2.28. The third-order valence-electron chi connectivity index (χ3n) is 3.02. The molecule has 0 amide bonds. The SMILES string of the molecule is CC(C)CC(N)Cc1nc(-c2ccc([N+](=O)[O-])cc2)no1. The maximum absolute atomic E-state index is 10.6. The Labute approximate surface area is 122 Å². The Balaban J connectivity index is 2.07. The second-order valence-electron chi connectivity index (χ2n) is 5.41. The van der Waals surface area contributed by atoms with Gasteiger partial charge in [-0.3, -0.25) is 10.1 Å². The molecule has 0 saturated heterocycles. The molecule has 0 radical (unpaired) electrons. The fraction of sp³-hybridized carbons (Fsp3) is 0.429. The van der Waals surface area contributed by atoms with Crippen molar-refractivity contribution in [3.8, 4) is 11.4 Å². The van der Waals surface area contributed by atoms with Gasteiger partial charge in [0.25, 0.3) is 5.69 Å². The van der Waals surface area contributed by atoms with Gasteiger partial charge in [0.1, 0.15) is 0 Å². The lowest BCUT2D eigenvalue weighted by molar-refractivity contribution is -0.384. The van der Waals surface area contributed by atoms with E-state index in [1.807, 2.05) is 0 Å². The van der Waals surface area contributed by atoms with Gasteiger partial charge in [-0.25, -0.2) is 0 Å². The van der Waals surface area contributed by atoms with Crippen LogP contribution in [0.15, 0.2) is 28.8 Å². The molecule has 7 nitrogen and oxygen atoms in total. The molecule has 0 saturated carbocycles. The highest BCUT2D eigenvalue weighted by atomic mass is 16.6. The van der Waals surface area contributed by atoms with Gasteiger partial charge in [0.15, 0.2) is 0 Å². The maximum Gasteiger partial charge on any atom is 0.269 e. The van der Waals surface area contributed by atoms with Crippen LogP contribution in [0, 0.1) is 16.0 Å². The zero-order valence-corrected chi connectivity index (χ0v) is 12.0. The maximum atomic E-state index is 10.6. The molecule has 0 aliphatic heterocycles. The number of non-ortho nitro benzene ring substituents is 1. The predicted molar refractivity (Wildman–Crippen MR) is 77.5 cm³/mol. The normalized spacial score (nSPS) is 12.6. The molecule has 1 aromatic heterocycles. The molecule has 1 aromatic carbocycles. The average molecular weight is 290 g/mol. The number of rotatable bonds is 6. The fourth-order valence-corrected chi connectivity index (χ4v) is 2.10. The Morgan fingerprint density at radius 2 is 2.00 bits per heavy atom.